The summed E-state index contributed by atoms with van der Waals surface area (Å²) in [5.74, 6) is 0. The minimum absolute atomic E-state index is 0.121. The largest absolute Gasteiger partial charge is 0.359 e. The van der Waals surface area contributed by atoms with Crippen LogP contribution < -0.4 is 4.90 Å². The van der Waals surface area contributed by atoms with Crippen LogP contribution in [0.5, 0.6) is 0 Å². The second-order valence-electron chi connectivity index (χ2n) is 10.4. The van der Waals surface area contributed by atoms with Crippen LogP contribution in [0.2, 0.25) is 0 Å². The first-order chi connectivity index (χ1) is 14.9. The molecule has 0 amide bonds. The van der Waals surface area contributed by atoms with Crippen molar-refractivity contribution < 1.29 is 0 Å². The molecule has 2 aliphatic carbocycles. The highest BCUT2D eigenvalue weighted by molar-refractivity contribution is 5.97. The van der Waals surface area contributed by atoms with E-state index < -0.39 is 0 Å². The van der Waals surface area contributed by atoms with E-state index in [4.69, 9.17) is 0 Å². The van der Waals surface area contributed by atoms with Gasteiger partial charge < -0.3 is 9.80 Å². The Bertz CT molecular complexity index is 1260. The van der Waals surface area contributed by atoms with Gasteiger partial charge in [-0.2, -0.15) is 0 Å². The maximum Gasteiger partial charge on any atom is 0.102 e. The minimum Gasteiger partial charge on any atom is -0.359 e. The number of fused-ring (bicyclic) bond motifs is 8. The second-order valence-corrected chi connectivity index (χ2v) is 10.4. The molecule has 1 saturated carbocycles. The monoisotopic (exact) mass is 408 g/mol. The van der Waals surface area contributed by atoms with Gasteiger partial charge in [0.25, 0.3) is 0 Å². The zero-order valence-corrected chi connectivity index (χ0v) is 19.4. The molecular weight excluding hydrogens is 376 g/mol. The molecule has 0 saturated heterocycles. The van der Waals surface area contributed by atoms with Crippen LogP contribution in [0.15, 0.2) is 60.9 Å². The Morgan fingerprint density at radius 3 is 2.26 bits per heavy atom. The van der Waals surface area contributed by atoms with Crippen LogP contribution in [-0.4, -0.2) is 18.1 Å². The smallest absolute Gasteiger partial charge is 0.102 e. The molecule has 6 rings (SSSR count). The Balaban J connectivity index is 1.74. The van der Waals surface area contributed by atoms with Crippen LogP contribution in [0.1, 0.15) is 56.7 Å². The Morgan fingerprint density at radius 1 is 0.839 bits per heavy atom. The number of anilines is 1. The number of benzene rings is 3. The van der Waals surface area contributed by atoms with Crippen LogP contribution in [0.3, 0.4) is 0 Å². The van der Waals surface area contributed by atoms with Gasteiger partial charge in [0.2, 0.25) is 0 Å². The highest BCUT2D eigenvalue weighted by Gasteiger charge is 2.56. The van der Waals surface area contributed by atoms with Gasteiger partial charge in [0.05, 0.1) is 0 Å². The molecule has 3 aromatic carbocycles. The lowest BCUT2D eigenvalue weighted by Gasteiger charge is -2.50. The molecule has 0 aromatic heterocycles. The number of rotatable bonds is 1. The van der Waals surface area contributed by atoms with Crippen molar-refractivity contribution in [3.05, 3.63) is 77.6 Å². The summed E-state index contributed by atoms with van der Waals surface area (Å²) < 4.78 is 0. The van der Waals surface area contributed by atoms with Crippen LogP contribution in [-0.2, 0) is 10.8 Å². The molecule has 2 heteroatoms. The predicted octanol–water partition coefficient (Wildman–Crippen LogP) is 7.10. The van der Waals surface area contributed by atoms with Gasteiger partial charge in [-0.1, -0.05) is 68.8 Å². The summed E-state index contributed by atoms with van der Waals surface area (Å²) in [4.78, 5) is 4.81. The third kappa shape index (κ3) is 2.23. The van der Waals surface area contributed by atoms with Crippen molar-refractivity contribution in [1.29, 1.82) is 0 Å². The predicted molar refractivity (Wildman–Crippen MR) is 132 cm³/mol. The molecule has 3 atom stereocenters. The fourth-order valence-electron chi connectivity index (χ4n) is 6.93. The van der Waals surface area contributed by atoms with Gasteiger partial charge in [0.15, 0.2) is 0 Å². The SMILES string of the molecule is Cc1ccc2c(c1N1C=CN(C)[C@@H]1C)C1(C)CCCC1(C)c1c-2ccc2ccccc12. The van der Waals surface area contributed by atoms with Gasteiger partial charge in [-0.15, -0.1) is 0 Å². The topological polar surface area (TPSA) is 6.48 Å². The maximum atomic E-state index is 2.56. The van der Waals surface area contributed by atoms with Crippen molar-refractivity contribution in [2.75, 3.05) is 11.9 Å². The lowest BCUT2D eigenvalue weighted by Crippen LogP contribution is -2.45. The molecule has 0 spiro atoms. The van der Waals surface area contributed by atoms with Crippen LogP contribution in [0.25, 0.3) is 21.9 Å². The van der Waals surface area contributed by atoms with E-state index in [1.165, 1.54) is 52.4 Å². The zero-order chi connectivity index (χ0) is 21.5. The number of aryl methyl sites for hydroxylation is 1. The van der Waals surface area contributed by atoms with E-state index in [9.17, 15) is 0 Å². The second kappa shape index (κ2) is 6.16. The molecule has 2 nitrogen and oxygen atoms in total. The molecule has 3 aromatic rings. The molecule has 158 valence electrons. The Labute approximate surface area is 186 Å². The van der Waals surface area contributed by atoms with Crippen molar-refractivity contribution in [1.82, 2.24) is 4.90 Å². The van der Waals surface area contributed by atoms with E-state index in [1.54, 1.807) is 11.1 Å². The summed E-state index contributed by atoms with van der Waals surface area (Å²) in [7, 11) is 2.18. The minimum atomic E-state index is 0.121. The van der Waals surface area contributed by atoms with Crippen LogP contribution in [0, 0.1) is 6.92 Å². The number of nitrogens with zero attached hydrogens (tertiary/aromatic N) is 2. The van der Waals surface area contributed by atoms with Gasteiger partial charge in [-0.3, -0.25) is 0 Å². The third-order valence-corrected chi connectivity index (χ3v) is 8.99. The van der Waals surface area contributed by atoms with Gasteiger partial charge in [0, 0.05) is 36.0 Å². The van der Waals surface area contributed by atoms with Crippen molar-refractivity contribution in [3.8, 4) is 11.1 Å². The van der Waals surface area contributed by atoms with Crippen LogP contribution in [0.4, 0.5) is 5.69 Å². The van der Waals surface area contributed by atoms with E-state index in [0.29, 0.717) is 6.17 Å². The maximum absolute atomic E-state index is 2.56. The first-order valence-corrected chi connectivity index (χ1v) is 11.7. The highest BCUT2D eigenvalue weighted by Crippen LogP contribution is 2.65. The fraction of sp³-hybridized carbons (Fsp3) is 0.379. The number of hydrogen-bond acceptors (Lipinski definition) is 2. The van der Waals surface area contributed by atoms with E-state index >= 15 is 0 Å². The lowest BCUT2D eigenvalue weighted by molar-refractivity contribution is 0.300. The summed E-state index contributed by atoms with van der Waals surface area (Å²) in [6.07, 6.45) is 8.61. The van der Waals surface area contributed by atoms with Crippen molar-refractivity contribution in [2.45, 2.75) is 64.0 Å². The van der Waals surface area contributed by atoms with Crippen molar-refractivity contribution in [2.24, 2.45) is 0 Å². The summed E-state index contributed by atoms with van der Waals surface area (Å²) in [6, 6.07) is 18.5. The standard InChI is InChI=1S/C29H32N2/c1-19-11-13-24-23-14-12-21-9-6-7-10-22(21)25(23)28(3)15-8-16-29(28,4)26(24)27(19)31-18-17-30(5)20(31)2/h6-7,9-14,17-18,20H,8,15-16H2,1-5H3/t20-,28?,29?/m0/s1. The first kappa shape index (κ1) is 19.0. The quantitative estimate of drug-likeness (QED) is 0.424. The fourth-order valence-corrected chi connectivity index (χ4v) is 6.93. The van der Waals surface area contributed by atoms with E-state index in [1.807, 2.05) is 0 Å². The van der Waals surface area contributed by atoms with E-state index in [2.05, 4.69) is 105 Å². The van der Waals surface area contributed by atoms with Gasteiger partial charge in [0.1, 0.15) is 6.17 Å². The molecule has 0 radical (unpaired) electrons. The molecular formula is C29H32N2. The summed E-state index contributed by atoms with van der Waals surface area (Å²) in [6.45, 7) is 9.70. The third-order valence-electron chi connectivity index (χ3n) is 8.99. The normalized spacial score (nSPS) is 28.7. The lowest BCUT2D eigenvalue weighted by atomic mass is 9.54. The summed E-state index contributed by atoms with van der Waals surface area (Å²) >= 11 is 0. The Hall–Kier alpha value is -2.74. The molecule has 0 N–H and O–H groups in total. The average molecular weight is 409 g/mol. The highest BCUT2D eigenvalue weighted by atomic mass is 15.4. The van der Waals surface area contributed by atoms with Crippen molar-refractivity contribution >= 4 is 16.5 Å². The molecule has 2 unspecified atom stereocenters. The molecule has 0 bridgehead atoms. The molecule has 31 heavy (non-hydrogen) atoms. The first-order valence-electron chi connectivity index (χ1n) is 11.7. The van der Waals surface area contributed by atoms with Crippen molar-refractivity contribution in [3.63, 3.8) is 0 Å². The van der Waals surface area contributed by atoms with E-state index in [-0.39, 0.29) is 10.8 Å². The molecule has 1 fully saturated rings. The van der Waals surface area contributed by atoms with Gasteiger partial charge in [-0.25, -0.2) is 0 Å². The van der Waals surface area contributed by atoms with Gasteiger partial charge >= 0.3 is 0 Å². The zero-order valence-electron chi connectivity index (χ0n) is 19.4. The molecule has 3 aliphatic rings. The Morgan fingerprint density at radius 2 is 1.52 bits per heavy atom. The average Bonchev–Trinajstić information content (AvgIpc) is 3.27. The summed E-state index contributed by atoms with van der Waals surface area (Å²) in [5, 5.41) is 2.81. The Kier molecular flexibility index (Phi) is 3.77. The van der Waals surface area contributed by atoms with Crippen LogP contribution >= 0.6 is 0 Å². The molecule has 1 aliphatic heterocycles. The molecule has 1 heterocycles. The van der Waals surface area contributed by atoms with Gasteiger partial charge in [-0.05, 0) is 65.3 Å². The van der Waals surface area contributed by atoms with E-state index in [0.717, 1.165) is 0 Å². The number of hydrogen-bond donors (Lipinski definition) is 0. The summed E-state index contributed by atoms with van der Waals surface area (Å²) in [5.41, 5.74) is 9.11.